The third-order valence-corrected chi connectivity index (χ3v) is 5.10. The second kappa shape index (κ2) is 9.52. The smallest absolute Gasteiger partial charge is 0.254 e. The van der Waals surface area contributed by atoms with Crippen LogP contribution in [0.4, 0.5) is 10.1 Å². The number of piperazine rings is 1. The maximum Gasteiger partial charge on any atom is 0.254 e. The number of amides is 2. The fraction of sp³-hybridized carbons (Fsp3) is 0.364. The molecule has 2 aromatic carbocycles. The van der Waals surface area contributed by atoms with Crippen LogP contribution in [0.3, 0.4) is 0 Å². The fourth-order valence-electron chi connectivity index (χ4n) is 3.43. The first-order valence-corrected chi connectivity index (χ1v) is 9.74. The highest BCUT2D eigenvalue weighted by atomic mass is 19.1. The van der Waals surface area contributed by atoms with E-state index in [4.69, 9.17) is 4.74 Å². The van der Waals surface area contributed by atoms with E-state index in [1.165, 1.54) is 19.2 Å². The maximum absolute atomic E-state index is 13.9. The summed E-state index contributed by atoms with van der Waals surface area (Å²) in [6.07, 6.45) is 0.850. The predicted molar refractivity (Wildman–Crippen MR) is 110 cm³/mol. The minimum absolute atomic E-state index is 0.0668. The minimum Gasteiger partial charge on any atom is -0.494 e. The molecule has 0 bridgehead atoms. The normalized spacial score (nSPS) is 14.5. The van der Waals surface area contributed by atoms with Gasteiger partial charge >= 0.3 is 0 Å². The molecule has 1 heterocycles. The molecular formula is C22H26FN3O3. The lowest BCUT2D eigenvalue weighted by Crippen LogP contribution is -2.50. The van der Waals surface area contributed by atoms with Gasteiger partial charge in [0.05, 0.1) is 13.7 Å². The molecule has 3 rings (SSSR count). The average Bonchev–Trinajstić information content (AvgIpc) is 2.74. The molecule has 2 aromatic rings. The molecule has 2 amide bonds. The highest BCUT2D eigenvalue weighted by Gasteiger charge is 2.24. The Hall–Kier alpha value is -2.93. The van der Waals surface area contributed by atoms with Crippen molar-refractivity contribution in [2.45, 2.75) is 13.3 Å². The lowest BCUT2D eigenvalue weighted by molar-refractivity contribution is -0.117. The van der Waals surface area contributed by atoms with Crippen LogP contribution in [0.15, 0.2) is 42.5 Å². The summed E-state index contributed by atoms with van der Waals surface area (Å²) in [6, 6.07) is 12.0. The van der Waals surface area contributed by atoms with E-state index >= 15 is 0 Å². The van der Waals surface area contributed by atoms with Crippen molar-refractivity contribution in [3.63, 3.8) is 0 Å². The van der Waals surface area contributed by atoms with Gasteiger partial charge in [-0.25, -0.2) is 4.39 Å². The molecule has 1 saturated heterocycles. The summed E-state index contributed by atoms with van der Waals surface area (Å²) in [7, 11) is 1.39. The number of nitrogens with one attached hydrogen (secondary N) is 1. The molecule has 1 fully saturated rings. The van der Waals surface area contributed by atoms with Gasteiger partial charge in [-0.15, -0.1) is 0 Å². The largest absolute Gasteiger partial charge is 0.494 e. The molecule has 1 aliphatic heterocycles. The third kappa shape index (κ3) is 5.12. The number of carbonyl (C=O) groups is 2. The monoisotopic (exact) mass is 399 g/mol. The van der Waals surface area contributed by atoms with E-state index in [9.17, 15) is 14.0 Å². The first-order chi connectivity index (χ1) is 14.0. The first-order valence-electron chi connectivity index (χ1n) is 9.74. The van der Waals surface area contributed by atoms with E-state index < -0.39 is 5.82 Å². The summed E-state index contributed by atoms with van der Waals surface area (Å²) in [5.41, 5.74) is 2.24. The number of nitrogens with zero attached hydrogens (tertiary/aromatic N) is 2. The average molecular weight is 399 g/mol. The van der Waals surface area contributed by atoms with Crippen molar-refractivity contribution >= 4 is 17.5 Å². The van der Waals surface area contributed by atoms with Crippen molar-refractivity contribution in [1.29, 1.82) is 0 Å². The van der Waals surface area contributed by atoms with Crippen molar-refractivity contribution in [3.8, 4) is 5.75 Å². The molecule has 1 aliphatic rings. The van der Waals surface area contributed by atoms with Crippen LogP contribution in [-0.4, -0.2) is 61.4 Å². The zero-order valence-corrected chi connectivity index (χ0v) is 16.8. The van der Waals surface area contributed by atoms with E-state index in [2.05, 4.69) is 12.2 Å². The summed E-state index contributed by atoms with van der Waals surface area (Å²) in [6.45, 7) is 4.49. The molecule has 29 heavy (non-hydrogen) atoms. The van der Waals surface area contributed by atoms with Crippen molar-refractivity contribution < 1.29 is 18.7 Å². The Balaban J connectivity index is 1.51. The Labute approximate surface area is 170 Å². The number of para-hydroxylation sites is 1. The van der Waals surface area contributed by atoms with Crippen LogP contribution >= 0.6 is 0 Å². The number of methoxy groups -OCH3 is 1. The summed E-state index contributed by atoms with van der Waals surface area (Å²) < 4.78 is 18.8. The molecule has 0 saturated carbocycles. The third-order valence-electron chi connectivity index (χ3n) is 5.10. The van der Waals surface area contributed by atoms with Gasteiger partial charge in [0.2, 0.25) is 5.91 Å². The number of halogens is 1. The van der Waals surface area contributed by atoms with Crippen LogP contribution in [0, 0.1) is 5.82 Å². The second-order valence-electron chi connectivity index (χ2n) is 6.98. The first kappa shape index (κ1) is 20.8. The van der Waals surface area contributed by atoms with Gasteiger partial charge in [0.25, 0.3) is 5.91 Å². The number of rotatable bonds is 6. The van der Waals surface area contributed by atoms with Crippen molar-refractivity contribution in [2.24, 2.45) is 0 Å². The van der Waals surface area contributed by atoms with Gasteiger partial charge in [0.1, 0.15) is 0 Å². The Morgan fingerprint density at radius 3 is 2.48 bits per heavy atom. The van der Waals surface area contributed by atoms with Crippen LogP contribution in [0.1, 0.15) is 22.8 Å². The van der Waals surface area contributed by atoms with Gasteiger partial charge in [-0.2, -0.15) is 0 Å². The molecule has 154 valence electrons. The van der Waals surface area contributed by atoms with E-state index in [0.29, 0.717) is 31.7 Å². The van der Waals surface area contributed by atoms with E-state index in [1.54, 1.807) is 11.0 Å². The van der Waals surface area contributed by atoms with Crippen LogP contribution in [0.25, 0.3) is 0 Å². The molecule has 0 aliphatic carbocycles. The number of hydrogen-bond donors (Lipinski definition) is 1. The van der Waals surface area contributed by atoms with Crippen molar-refractivity contribution in [2.75, 3.05) is 45.2 Å². The van der Waals surface area contributed by atoms with Crippen LogP contribution in [0.5, 0.6) is 5.75 Å². The van der Waals surface area contributed by atoms with Crippen LogP contribution in [-0.2, 0) is 11.2 Å². The Morgan fingerprint density at radius 2 is 1.83 bits per heavy atom. The van der Waals surface area contributed by atoms with Gasteiger partial charge in [-0.3, -0.25) is 14.5 Å². The molecule has 0 radical (unpaired) electrons. The van der Waals surface area contributed by atoms with Crippen LogP contribution < -0.4 is 10.1 Å². The molecule has 1 N–H and O–H groups in total. The summed E-state index contributed by atoms with van der Waals surface area (Å²) in [4.78, 5) is 28.7. The van der Waals surface area contributed by atoms with Crippen molar-refractivity contribution in [1.82, 2.24) is 9.80 Å². The number of ether oxygens (including phenoxy) is 1. The van der Waals surface area contributed by atoms with Gasteiger partial charge in [0.15, 0.2) is 11.6 Å². The predicted octanol–water partition coefficient (Wildman–Crippen LogP) is 2.79. The summed E-state index contributed by atoms with van der Waals surface area (Å²) in [5, 5.41) is 2.97. The number of benzene rings is 2. The van der Waals surface area contributed by atoms with Gasteiger partial charge in [0, 0.05) is 37.4 Å². The topological polar surface area (TPSA) is 61.9 Å². The number of hydrogen-bond acceptors (Lipinski definition) is 4. The number of anilines is 1. The zero-order chi connectivity index (χ0) is 20.8. The van der Waals surface area contributed by atoms with Gasteiger partial charge in [-0.1, -0.05) is 25.1 Å². The van der Waals surface area contributed by atoms with Crippen LogP contribution in [0.2, 0.25) is 0 Å². The quantitative estimate of drug-likeness (QED) is 0.812. The highest BCUT2D eigenvalue weighted by Crippen LogP contribution is 2.19. The maximum atomic E-state index is 13.9. The molecule has 6 nitrogen and oxygen atoms in total. The van der Waals surface area contributed by atoms with Crippen molar-refractivity contribution in [3.05, 3.63) is 59.4 Å². The van der Waals surface area contributed by atoms with E-state index in [0.717, 1.165) is 17.7 Å². The Kier molecular flexibility index (Phi) is 6.82. The Bertz CT molecular complexity index is 879. The zero-order valence-electron chi connectivity index (χ0n) is 16.8. The molecule has 0 atom stereocenters. The second-order valence-corrected chi connectivity index (χ2v) is 6.98. The summed E-state index contributed by atoms with van der Waals surface area (Å²) in [5.74, 6) is -0.724. The molecule has 0 aromatic heterocycles. The number of carbonyl (C=O) groups excluding carboxylic acids is 2. The minimum atomic E-state index is -0.555. The van der Waals surface area contributed by atoms with E-state index in [-0.39, 0.29) is 24.1 Å². The highest BCUT2D eigenvalue weighted by molar-refractivity contribution is 5.95. The SMILES string of the molecule is CCc1ccccc1NC(=O)CN1CCN(C(=O)c2ccc(OC)c(F)c2)CC1. The number of aryl methyl sites for hydroxylation is 1. The molecular weight excluding hydrogens is 373 g/mol. The van der Waals surface area contributed by atoms with Gasteiger partial charge < -0.3 is 15.0 Å². The van der Waals surface area contributed by atoms with Gasteiger partial charge in [-0.05, 0) is 36.2 Å². The lowest BCUT2D eigenvalue weighted by Gasteiger charge is -2.34. The Morgan fingerprint density at radius 1 is 1.10 bits per heavy atom. The van der Waals surface area contributed by atoms with E-state index in [1.807, 2.05) is 29.2 Å². The lowest BCUT2D eigenvalue weighted by atomic mass is 10.1. The summed E-state index contributed by atoms with van der Waals surface area (Å²) >= 11 is 0. The standard InChI is InChI=1S/C22H26FN3O3/c1-3-16-6-4-5-7-19(16)24-21(27)15-25-10-12-26(13-11-25)22(28)17-8-9-20(29-2)18(23)14-17/h4-9,14H,3,10-13,15H2,1-2H3,(H,24,27). The molecule has 0 unspecified atom stereocenters. The molecule has 7 heteroatoms. The fourth-order valence-corrected chi connectivity index (χ4v) is 3.43. The molecule has 0 spiro atoms.